The molecule has 8 heteroatoms. The van der Waals surface area contributed by atoms with Crippen LogP contribution in [-0.4, -0.2) is 27.9 Å². The van der Waals surface area contributed by atoms with Crippen LogP contribution in [0.2, 0.25) is 0 Å². The van der Waals surface area contributed by atoms with Gasteiger partial charge in [0, 0.05) is 27.9 Å². The maximum absolute atomic E-state index is 12.7. The van der Waals surface area contributed by atoms with E-state index in [1.54, 1.807) is 24.3 Å². The Morgan fingerprint density at radius 3 is 2.66 bits per heavy atom. The van der Waals surface area contributed by atoms with E-state index >= 15 is 0 Å². The van der Waals surface area contributed by atoms with Crippen molar-refractivity contribution >= 4 is 39.2 Å². The van der Waals surface area contributed by atoms with E-state index < -0.39 is 23.5 Å². The van der Waals surface area contributed by atoms with Crippen molar-refractivity contribution in [3.05, 3.63) is 81.5 Å². The van der Waals surface area contributed by atoms with Crippen molar-refractivity contribution in [2.75, 3.05) is 5.32 Å². The number of amides is 1. The van der Waals surface area contributed by atoms with Crippen molar-refractivity contribution in [2.45, 2.75) is 26.4 Å². The Kier molecular flexibility index (Phi) is 6.13. The molecule has 2 heterocycles. The molecule has 0 aliphatic heterocycles. The van der Waals surface area contributed by atoms with E-state index in [2.05, 4.69) is 22.2 Å². The molecule has 0 unspecified atom stereocenters. The summed E-state index contributed by atoms with van der Waals surface area (Å²) >= 11 is 1.29. The van der Waals surface area contributed by atoms with Crippen molar-refractivity contribution < 1.29 is 14.3 Å². The van der Waals surface area contributed by atoms with Crippen LogP contribution in [0.1, 0.15) is 29.8 Å². The lowest BCUT2D eigenvalue weighted by Crippen LogP contribution is -2.30. The molecule has 4 aromatic rings. The van der Waals surface area contributed by atoms with E-state index in [4.69, 9.17) is 4.74 Å². The normalized spacial score (nSPS) is 11.8. The number of hydrogen-bond donors (Lipinski definition) is 2. The molecule has 0 aliphatic rings. The van der Waals surface area contributed by atoms with Crippen molar-refractivity contribution in [2.24, 2.45) is 0 Å². The minimum atomic E-state index is -1.07. The second-order valence-corrected chi connectivity index (χ2v) is 8.08. The van der Waals surface area contributed by atoms with Gasteiger partial charge in [-0.3, -0.25) is 14.9 Å². The summed E-state index contributed by atoms with van der Waals surface area (Å²) < 4.78 is 5.32. The molecule has 0 radical (unpaired) electrons. The molecule has 1 amide bonds. The molecule has 7 nitrogen and oxygen atoms in total. The Hall–Kier alpha value is -3.78. The number of esters is 1. The molecule has 162 valence electrons. The molecule has 0 aliphatic carbocycles. The number of fused-ring (bicyclic) bond motifs is 1. The summed E-state index contributed by atoms with van der Waals surface area (Å²) in [6.07, 6.45) is -0.112. The highest BCUT2D eigenvalue weighted by atomic mass is 32.1. The number of carbonyl (C=O) groups excluding carboxylic acids is 2. The standard InChI is InChI=1S/C24H21N3O4S/c1-3-15-8-10-16(11-9-15)20-13-32-24(26-20)27-22(29)14(2)31-23(30)18-12-21(28)25-19-7-5-4-6-17(18)19/h4-14H,3H2,1-2H3,(H,25,28)(H,26,27,29)/t14-/m0/s1. The van der Waals surface area contributed by atoms with Crippen LogP contribution < -0.4 is 10.9 Å². The second-order valence-electron chi connectivity index (χ2n) is 7.22. The van der Waals surface area contributed by atoms with Crippen LogP contribution in [-0.2, 0) is 16.0 Å². The molecule has 32 heavy (non-hydrogen) atoms. The Labute approximate surface area is 188 Å². The van der Waals surface area contributed by atoms with Crippen molar-refractivity contribution in [3.8, 4) is 11.3 Å². The lowest BCUT2D eigenvalue weighted by Gasteiger charge is -2.13. The summed E-state index contributed by atoms with van der Waals surface area (Å²) in [5.74, 6) is -1.25. The quantitative estimate of drug-likeness (QED) is 0.427. The summed E-state index contributed by atoms with van der Waals surface area (Å²) in [6, 6.07) is 16.2. The van der Waals surface area contributed by atoms with Gasteiger partial charge in [0.05, 0.1) is 11.3 Å². The Morgan fingerprint density at radius 2 is 1.91 bits per heavy atom. The first kappa shape index (κ1) is 21.5. The number of rotatable bonds is 6. The van der Waals surface area contributed by atoms with Crippen LogP contribution in [0.5, 0.6) is 0 Å². The topological polar surface area (TPSA) is 101 Å². The van der Waals surface area contributed by atoms with Gasteiger partial charge in [0.25, 0.3) is 5.91 Å². The van der Waals surface area contributed by atoms with Crippen LogP contribution in [0.4, 0.5) is 5.13 Å². The first-order chi connectivity index (χ1) is 15.4. The number of pyridine rings is 1. The van der Waals surface area contributed by atoms with Gasteiger partial charge in [-0.05, 0) is 25.0 Å². The zero-order chi connectivity index (χ0) is 22.7. The predicted octanol–water partition coefficient (Wildman–Crippen LogP) is 4.40. The first-order valence-electron chi connectivity index (χ1n) is 10.1. The van der Waals surface area contributed by atoms with Gasteiger partial charge in [0.1, 0.15) is 0 Å². The fourth-order valence-electron chi connectivity index (χ4n) is 3.23. The van der Waals surface area contributed by atoms with Gasteiger partial charge in [-0.1, -0.05) is 49.4 Å². The van der Waals surface area contributed by atoms with Gasteiger partial charge in [-0.15, -0.1) is 11.3 Å². The molecule has 0 fully saturated rings. The van der Waals surface area contributed by atoms with Crippen LogP contribution in [0.15, 0.2) is 64.8 Å². The molecule has 2 N–H and O–H groups in total. The highest BCUT2D eigenvalue weighted by Crippen LogP contribution is 2.25. The SMILES string of the molecule is CCc1ccc(-c2csc(NC(=O)[C@H](C)OC(=O)c3cc(=O)[nH]c4ccccc34)n2)cc1. The minimum absolute atomic E-state index is 0.107. The molecule has 4 rings (SSSR count). The lowest BCUT2D eigenvalue weighted by atomic mass is 10.1. The predicted molar refractivity (Wildman–Crippen MR) is 125 cm³/mol. The Balaban J connectivity index is 1.44. The number of nitrogens with zero attached hydrogens (tertiary/aromatic N) is 1. The van der Waals surface area contributed by atoms with Gasteiger partial charge < -0.3 is 9.72 Å². The number of nitrogens with one attached hydrogen (secondary N) is 2. The van der Waals surface area contributed by atoms with Gasteiger partial charge in [0.15, 0.2) is 11.2 Å². The number of carbonyl (C=O) groups is 2. The van der Waals surface area contributed by atoms with E-state index in [-0.39, 0.29) is 5.56 Å². The molecule has 0 saturated carbocycles. The maximum atomic E-state index is 12.7. The van der Waals surface area contributed by atoms with E-state index in [0.717, 1.165) is 17.7 Å². The van der Waals surface area contributed by atoms with Crippen LogP contribution in [0.25, 0.3) is 22.2 Å². The van der Waals surface area contributed by atoms with Crippen molar-refractivity contribution in [1.82, 2.24) is 9.97 Å². The number of para-hydroxylation sites is 1. The molecule has 0 saturated heterocycles. The summed E-state index contributed by atoms with van der Waals surface area (Å²) in [5.41, 5.74) is 3.16. The third-order valence-corrected chi connectivity index (χ3v) is 5.77. The third-order valence-electron chi connectivity index (χ3n) is 5.02. The van der Waals surface area contributed by atoms with E-state index in [1.807, 2.05) is 29.6 Å². The molecule has 0 spiro atoms. The van der Waals surface area contributed by atoms with Crippen LogP contribution >= 0.6 is 11.3 Å². The number of aryl methyl sites for hydroxylation is 1. The summed E-state index contributed by atoms with van der Waals surface area (Å²) in [6.45, 7) is 3.57. The second kappa shape index (κ2) is 9.15. The maximum Gasteiger partial charge on any atom is 0.339 e. The number of anilines is 1. The zero-order valence-electron chi connectivity index (χ0n) is 17.5. The summed E-state index contributed by atoms with van der Waals surface area (Å²) in [4.78, 5) is 44.2. The number of ether oxygens (including phenoxy) is 1. The largest absolute Gasteiger partial charge is 0.449 e. The van der Waals surface area contributed by atoms with Crippen molar-refractivity contribution in [1.29, 1.82) is 0 Å². The highest BCUT2D eigenvalue weighted by molar-refractivity contribution is 7.14. The molecule has 2 aromatic carbocycles. The van der Waals surface area contributed by atoms with Gasteiger partial charge in [-0.2, -0.15) is 0 Å². The number of aromatic nitrogens is 2. The number of aromatic amines is 1. The minimum Gasteiger partial charge on any atom is -0.449 e. The molecule has 2 aromatic heterocycles. The van der Waals surface area contributed by atoms with Crippen LogP contribution in [0.3, 0.4) is 0 Å². The van der Waals surface area contributed by atoms with Gasteiger partial charge >= 0.3 is 5.97 Å². The van der Waals surface area contributed by atoms with E-state index in [0.29, 0.717) is 16.0 Å². The van der Waals surface area contributed by atoms with Gasteiger partial charge in [0.2, 0.25) is 5.56 Å². The number of hydrogen-bond acceptors (Lipinski definition) is 6. The Morgan fingerprint density at radius 1 is 1.16 bits per heavy atom. The molecule has 1 atom stereocenters. The monoisotopic (exact) mass is 447 g/mol. The average Bonchev–Trinajstić information content (AvgIpc) is 3.26. The van der Waals surface area contributed by atoms with Gasteiger partial charge in [-0.25, -0.2) is 9.78 Å². The lowest BCUT2D eigenvalue weighted by molar-refractivity contribution is -0.123. The fourth-order valence-corrected chi connectivity index (χ4v) is 3.96. The zero-order valence-corrected chi connectivity index (χ0v) is 18.4. The molecular formula is C24H21N3O4S. The first-order valence-corrected chi connectivity index (χ1v) is 11.0. The molecule has 0 bridgehead atoms. The smallest absolute Gasteiger partial charge is 0.339 e. The average molecular weight is 448 g/mol. The van der Waals surface area contributed by atoms with Crippen LogP contribution in [0, 0.1) is 0 Å². The summed E-state index contributed by atoms with van der Waals surface area (Å²) in [7, 11) is 0. The highest BCUT2D eigenvalue weighted by Gasteiger charge is 2.22. The number of H-pyrrole nitrogens is 1. The fraction of sp³-hybridized carbons (Fsp3) is 0.167. The van der Waals surface area contributed by atoms with E-state index in [9.17, 15) is 14.4 Å². The number of benzene rings is 2. The number of thiazole rings is 1. The third kappa shape index (κ3) is 4.60. The van der Waals surface area contributed by atoms with Crippen molar-refractivity contribution in [3.63, 3.8) is 0 Å². The summed E-state index contributed by atoms with van der Waals surface area (Å²) in [5, 5.41) is 5.50. The molecular weight excluding hydrogens is 426 g/mol. The Bertz CT molecular complexity index is 1340. The van der Waals surface area contributed by atoms with E-state index in [1.165, 1.54) is 29.9 Å².